The third-order valence-corrected chi connectivity index (χ3v) is 5.47. The summed E-state index contributed by atoms with van der Waals surface area (Å²) in [7, 11) is 0. The highest BCUT2D eigenvalue weighted by molar-refractivity contribution is 6.23. The van der Waals surface area contributed by atoms with Crippen LogP contribution in [-0.4, -0.2) is 11.6 Å². The highest BCUT2D eigenvalue weighted by Crippen LogP contribution is 2.48. The number of halogens is 1. The summed E-state index contributed by atoms with van der Waals surface area (Å²) in [5.41, 5.74) is 5.29. The van der Waals surface area contributed by atoms with E-state index >= 15 is 0 Å². The third-order valence-electron chi connectivity index (χ3n) is 5.47. The summed E-state index contributed by atoms with van der Waals surface area (Å²) in [6.07, 6.45) is 2.08. The highest BCUT2D eigenvalue weighted by Gasteiger charge is 2.43. The zero-order chi connectivity index (χ0) is 17.8. The molecule has 4 heteroatoms. The Labute approximate surface area is 150 Å². The van der Waals surface area contributed by atoms with E-state index in [9.17, 15) is 14.0 Å². The molecule has 0 amide bonds. The monoisotopic (exact) mass is 345 g/mol. The predicted octanol–water partition coefficient (Wildman–Crippen LogP) is 4.13. The van der Waals surface area contributed by atoms with Gasteiger partial charge in [0, 0.05) is 40.3 Å². The van der Waals surface area contributed by atoms with Gasteiger partial charge in [0.05, 0.1) is 5.70 Å². The van der Waals surface area contributed by atoms with Crippen LogP contribution in [0.3, 0.4) is 0 Å². The number of dihydropyridines is 1. The van der Waals surface area contributed by atoms with Gasteiger partial charge in [0.1, 0.15) is 5.82 Å². The van der Waals surface area contributed by atoms with Gasteiger partial charge in [0.2, 0.25) is 0 Å². The Bertz CT molecular complexity index is 1030. The molecule has 0 saturated heterocycles. The number of carbonyl (C=O) groups is 2. The number of carbonyl (C=O) groups excluding carboxylic acids is 2. The summed E-state index contributed by atoms with van der Waals surface area (Å²) in [5, 5.41) is 3.39. The molecule has 1 N–H and O–H groups in total. The van der Waals surface area contributed by atoms with E-state index in [1.54, 1.807) is 12.1 Å². The van der Waals surface area contributed by atoms with E-state index in [4.69, 9.17) is 0 Å². The minimum absolute atomic E-state index is 0.0534. The van der Waals surface area contributed by atoms with Crippen molar-refractivity contribution in [3.8, 4) is 0 Å². The number of ketones is 2. The lowest BCUT2D eigenvalue weighted by Crippen LogP contribution is -2.31. The molecule has 2 aromatic carbocycles. The molecule has 0 saturated carbocycles. The minimum Gasteiger partial charge on any atom is -0.358 e. The standard InChI is InChI=1S/C22H16FNO2/c23-13-10-8-12(9-11-13)18-19-16(6-3-7-17(19)25)24-21-14-4-1-2-5-15(14)22(26)20(18)21/h1-2,4-5,8-11,18,24H,3,6-7H2. The summed E-state index contributed by atoms with van der Waals surface area (Å²) in [6, 6.07) is 13.6. The van der Waals surface area contributed by atoms with Gasteiger partial charge in [-0.05, 0) is 30.5 Å². The largest absolute Gasteiger partial charge is 0.358 e. The summed E-state index contributed by atoms with van der Waals surface area (Å²) < 4.78 is 13.5. The molecule has 0 radical (unpaired) electrons. The number of rotatable bonds is 1. The molecule has 1 heterocycles. The van der Waals surface area contributed by atoms with E-state index in [0.29, 0.717) is 23.1 Å². The van der Waals surface area contributed by atoms with E-state index in [2.05, 4.69) is 5.32 Å². The van der Waals surface area contributed by atoms with Crippen LogP contribution in [0.25, 0.3) is 5.70 Å². The molecule has 1 aliphatic heterocycles. The fraction of sp³-hybridized carbons (Fsp3) is 0.182. The topological polar surface area (TPSA) is 46.2 Å². The summed E-state index contributed by atoms with van der Waals surface area (Å²) in [6.45, 7) is 0. The van der Waals surface area contributed by atoms with Gasteiger partial charge in [0.25, 0.3) is 0 Å². The van der Waals surface area contributed by atoms with Crippen molar-refractivity contribution in [1.82, 2.24) is 5.32 Å². The number of benzene rings is 2. The van der Waals surface area contributed by atoms with E-state index in [1.165, 1.54) is 12.1 Å². The number of nitrogens with one attached hydrogen (secondary N) is 1. The average molecular weight is 345 g/mol. The van der Waals surface area contributed by atoms with Gasteiger partial charge in [-0.1, -0.05) is 36.4 Å². The maximum Gasteiger partial charge on any atom is 0.192 e. The first-order valence-corrected chi connectivity index (χ1v) is 8.82. The fourth-order valence-corrected chi connectivity index (χ4v) is 4.33. The van der Waals surface area contributed by atoms with E-state index < -0.39 is 5.92 Å². The van der Waals surface area contributed by atoms with Crippen molar-refractivity contribution in [1.29, 1.82) is 0 Å². The van der Waals surface area contributed by atoms with E-state index in [-0.39, 0.29) is 17.4 Å². The molecule has 128 valence electrons. The van der Waals surface area contributed by atoms with Gasteiger partial charge >= 0.3 is 0 Å². The first-order valence-electron chi connectivity index (χ1n) is 8.82. The second-order valence-corrected chi connectivity index (χ2v) is 6.94. The molecule has 2 aliphatic carbocycles. The molecule has 0 bridgehead atoms. The van der Waals surface area contributed by atoms with Crippen molar-refractivity contribution in [3.63, 3.8) is 0 Å². The molecule has 26 heavy (non-hydrogen) atoms. The molecule has 5 rings (SSSR count). The van der Waals surface area contributed by atoms with Crippen LogP contribution in [0.5, 0.6) is 0 Å². The lowest BCUT2D eigenvalue weighted by molar-refractivity contribution is -0.116. The maximum atomic E-state index is 13.5. The van der Waals surface area contributed by atoms with Crippen molar-refractivity contribution >= 4 is 17.3 Å². The van der Waals surface area contributed by atoms with Gasteiger partial charge in [-0.2, -0.15) is 0 Å². The number of hydrogen-bond acceptors (Lipinski definition) is 3. The van der Waals surface area contributed by atoms with Crippen LogP contribution in [-0.2, 0) is 4.79 Å². The van der Waals surface area contributed by atoms with Gasteiger partial charge in [-0.3, -0.25) is 9.59 Å². The quantitative estimate of drug-likeness (QED) is 0.845. The maximum absolute atomic E-state index is 13.5. The van der Waals surface area contributed by atoms with Crippen LogP contribution in [0.1, 0.15) is 46.7 Å². The molecule has 1 unspecified atom stereocenters. The normalized spacial score (nSPS) is 21.3. The van der Waals surface area contributed by atoms with Crippen LogP contribution >= 0.6 is 0 Å². The third kappa shape index (κ3) is 2.05. The van der Waals surface area contributed by atoms with Gasteiger partial charge in [-0.25, -0.2) is 4.39 Å². The molecule has 0 spiro atoms. The van der Waals surface area contributed by atoms with Crippen molar-refractivity contribution in [2.45, 2.75) is 25.2 Å². The Morgan fingerprint density at radius 2 is 1.62 bits per heavy atom. The zero-order valence-electron chi connectivity index (χ0n) is 14.0. The summed E-state index contributed by atoms with van der Waals surface area (Å²) >= 11 is 0. The Hall–Kier alpha value is -3.01. The number of hydrogen-bond donors (Lipinski definition) is 1. The first kappa shape index (κ1) is 15.3. The Morgan fingerprint density at radius 3 is 2.38 bits per heavy atom. The molecular formula is C22H16FNO2. The smallest absolute Gasteiger partial charge is 0.192 e. The fourth-order valence-electron chi connectivity index (χ4n) is 4.33. The van der Waals surface area contributed by atoms with Gasteiger partial charge in [-0.15, -0.1) is 0 Å². The van der Waals surface area contributed by atoms with Crippen LogP contribution in [0, 0.1) is 5.82 Å². The number of fused-ring (bicyclic) bond motifs is 2. The SMILES string of the molecule is O=C1CCCC2=C1C(c1ccc(F)cc1)C1=C(N2)c2ccccc2C1=O. The molecule has 0 aromatic heterocycles. The molecular weight excluding hydrogens is 329 g/mol. The Kier molecular flexibility index (Phi) is 3.23. The molecule has 0 fully saturated rings. The van der Waals surface area contributed by atoms with Crippen LogP contribution in [0.15, 0.2) is 65.4 Å². The predicted molar refractivity (Wildman–Crippen MR) is 95.9 cm³/mol. The second kappa shape index (κ2) is 5.49. The van der Waals surface area contributed by atoms with Crippen molar-refractivity contribution in [2.24, 2.45) is 0 Å². The van der Waals surface area contributed by atoms with Crippen molar-refractivity contribution in [3.05, 3.63) is 87.9 Å². The Balaban J connectivity index is 1.75. The molecule has 3 aliphatic rings. The van der Waals surface area contributed by atoms with Gasteiger partial charge < -0.3 is 5.32 Å². The van der Waals surface area contributed by atoms with E-state index in [1.807, 2.05) is 24.3 Å². The van der Waals surface area contributed by atoms with Crippen molar-refractivity contribution < 1.29 is 14.0 Å². The van der Waals surface area contributed by atoms with Crippen LogP contribution < -0.4 is 5.32 Å². The molecule has 1 atom stereocenters. The van der Waals surface area contributed by atoms with Crippen LogP contribution in [0.4, 0.5) is 4.39 Å². The zero-order valence-corrected chi connectivity index (χ0v) is 14.0. The molecule has 3 nitrogen and oxygen atoms in total. The highest BCUT2D eigenvalue weighted by atomic mass is 19.1. The van der Waals surface area contributed by atoms with Gasteiger partial charge in [0.15, 0.2) is 11.6 Å². The summed E-state index contributed by atoms with van der Waals surface area (Å²) in [4.78, 5) is 25.9. The lowest BCUT2D eigenvalue weighted by Gasteiger charge is -2.33. The number of allylic oxidation sites excluding steroid dienone is 3. The second-order valence-electron chi connectivity index (χ2n) is 6.94. The minimum atomic E-state index is -0.436. The first-order chi connectivity index (χ1) is 12.6. The summed E-state index contributed by atoms with van der Waals surface area (Å²) in [5.74, 6) is -0.748. The average Bonchev–Trinajstić information content (AvgIpc) is 2.94. The lowest BCUT2D eigenvalue weighted by atomic mass is 9.75. The Morgan fingerprint density at radius 1 is 0.885 bits per heavy atom. The number of Topliss-reactive ketones (excluding diaryl/α,β-unsaturated/α-hetero) is 2. The molecule has 2 aromatic rings. The van der Waals surface area contributed by atoms with E-state index in [0.717, 1.165) is 35.4 Å². The van der Waals surface area contributed by atoms with Crippen LogP contribution in [0.2, 0.25) is 0 Å². The van der Waals surface area contributed by atoms with Crippen molar-refractivity contribution in [2.75, 3.05) is 0 Å².